The van der Waals surface area contributed by atoms with Gasteiger partial charge in [0.2, 0.25) is 5.89 Å². The highest BCUT2D eigenvalue weighted by Crippen LogP contribution is 2.20. The summed E-state index contributed by atoms with van der Waals surface area (Å²) in [6.07, 6.45) is 2.81. The molecule has 1 aromatic heterocycles. The Balaban J connectivity index is 0.00000242. The maximum Gasteiger partial charge on any atom is 0.214 e. The molecular formula is C16H23IN4O. The third kappa shape index (κ3) is 5.32. The SMILES string of the molecule is CCCNC(=NC)NCc1ncc(-c2ccc(C)cc2)o1.I. The van der Waals surface area contributed by atoms with Crippen LogP contribution in [0, 0.1) is 6.92 Å². The minimum absolute atomic E-state index is 0. The van der Waals surface area contributed by atoms with E-state index in [1.807, 2.05) is 12.1 Å². The van der Waals surface area contributed by atoms with Crippen LogP contribution in [0.5, 0.6) is 0 Å². The first-order chi connectivity index (χ1) is 10.2. The maximum atomic E-state index is 5.75. The molecule has 0 saturated carbocycles. The molecule has 1 heterocycles. The van der Waals surface area contributed by atoms with Crippen molar-refractivity contribution < 1.29 is 4.42 Å². The van der Waals surface area contributed by atoms with Gasteiger partial charge in [-0.1, -0.05) is 36.8 Å². The molecule has 0 amide bonds. The molecule has 0 aliphatic carbocycles. The molecule has 0 aliphatic heterocycles. The standard InChI is InChI=1S/C16H22N4O.HI/c1-4-9-18-16(17-3)20-11-15-19-10-14(21-15)13-7-5-12(2)6-8-13;/h5-8,10H,4,9,11H2,1-3H3,(H2,17,18,20);1H. The molecule has 1 aromatic carbocycles. The lowest BCUT2D eigenvalue weighted by Gasteiger charge is -2.09. The van der Waals surface area contributed by atoms with E-state index < -0.39 is 0 Å². The molecule has 6 heteroatoms. The van der Waals surface area contributed by atoms with E-state index in [9.17, 15) is 0 Å². The summed E-state index contributed by atoms with van der Waals surface area (Å²) in [6.45, 7) is 5.58. The largest absolute Gasteiger partial charge is 0.439 e. The van der Waals surface area contributed by atoms with Gasteiger partial charge in [-0.05, 0) is 13.3 Å². The van der Waals surface area contributed by atoms with Gasteiger partial charge in [0, 0.05) is 19.2 Å². The van der Waals surface area contributed by atoms with Crippen LogP contribution in [0.4, 0.5) is 0 Å². The van der Waals surface area contributed by atoms with Crippen LogP contribution in [0.15, 0.2) is 39.9 Å². The van der Waals surface area contributed by atoms with Gasteiger partial charge in [0.15, 0.2) is 11.7 Å². The van der Waals surface area contributed by atoms with Crippen molar-refractivity contribution in [1.82, 2.24) is 15.6 Å². The normalized spacial score (nSPS) is 11.0. The number of aromatic nitrogens is 1. The molecule has 120 valence electrons. The second-order valence-corrected chi connectivity index (χ2v) is 4.84. The molecule has 2 N–H and O–H groups in total. The average molecular weight is 414 g/mol. The van der Waals surface area contributed by atoms with Gasteiger partial charge in [-0.25, -0.2) is 4.98 Å². The Labute approximate surface area is 148 Å². The smallest absolute Gasteiger partial charge is 0.214 e. The molecule has 0 fully saturated rings. The summed E-state index contributed by atoms with van der Waals surface area (Å²) in [7, 11) is 1.75. The Morgan fingerprint density at radius 3 is 2.59 bits per heavy atom. The zero-order valence-corrected chi connectivity index (χ0v) is 15.5. The van der Waals surface area contributed by atoms with Crippen molar-refractivity contribution in [3.63, 3.8) is 0 Å². The number of aryl methyl sites for hydroxylation is 1. The van der Waals surface area contributed by atoms with Gasteiger partial charge in [-0.15, -0.1) is 24.0 Å². The predicted octanol–water partition coefficient (Wildman–Crippen LogP) is 3.34. The van der Waals surface area contributed by atoms with Gasteiger partial charge in [0.25, 0.3) is 0 Å². The van der Waals surface area contributed by atoms with Gasteiger partial charge < -0.3 is 15.1 Å². The Morgan fingerprint density at radius 1 is 1.23 bits per heavy atom. The minimum Gasteiger partial charge on any atom is -0.439 e. The van der Waals surface area contributed by atoms with E-state index in [0.29, 0.717) is 12.4 Å². The van der Waals surface area contributed by atoms with Crippen LogP contribution in [-0.4, -0.2) is 24.5 Å². The van der Waals surface area contributed by atoms with Crippen LogP contribution in [0.3, 0.4) is 0 Å². The lowest BCUT2D eigenvalue weighted by atomic mass is 10.1. The highest BCUT2D eigenvalue weighted by molar-refractivity contribution is 14.0. The number of benzene rings is 1. The van der Waals surface area contributed by atoms with Crippen molar-refractivity contribution in [3.8, 4) is 11.3 Å². The molecule has 0 radical (unpaired) electrons. The van der Waals surface area contributed by atoms with Gasteiger partial charge >= 0.3 is 0 Å². The number of hydrogen-bond acceptors (Lipinski definition) is 3. The first-order valence-corrected chi connectivity index (χ1v) is 7.19. The molecule has 0 aliphatic rings. The van der Waals surface area contributed by atoms with Crippen LogP contribution in [0.25, 0.3) is 11.3 Å². The summed E-state index contributed by atoms with van der Waals surface area (Å²) in [5, 5.41) is 6.38. The van der Waals surface area contributed by atoms with E-state index in [0.717, 1.165) is 30.2 Å². The summed E-state index contributed by atoms with van der Waals surface area (Å²) in [5.41, 5.74) is 2.26. The topological polar surface area (TPSA) is 62.5 Å². The fourth-order valence-corrected chi connectivity index (χ4v) is 1.87. The summed E-state index contributed by atoms with van der Waals surface area (Å²) in [6, 6.07) is 8.20. The first kappa shape index (κ1) is 18.5. The average Bonchev–Trinajstić information content (AvgIpc) is 2.97. The van der Waals surface area contributed by atoms with Crippen LogP contribution in [0.2, 0.25) is 0 Å². The van der Waals surface area contributed by atoms with Crippen LogP contribution in [-0.2, 0) is 6.54 Å². The van der Waals surface area contributed by atoms with Crippen molar-refractivity contribution >= 4 is 29.9 Å². The lowest BCUT2D eigenvalue weighted by Crippen LogP contribution is -2.37. The summed E-state index contributed by atoms with van der Waals surface area (Å²) in [4.78, 5) is 8.43. The molecule has 0 bridgehead atoms. The summed E-state index contributed by atoms with van der Waals surface area (Å²) < 4.78 is 5.75. The zero-order chi connectivity index (χ0) is 15.1. The van der Waals surface area contributed by atoms with E-state index in [2.05, 4.69) is 46.6 Å². The first-order valence-electron chi connectivity index (χ1n) is 7.19. The molecule has 0 saturated heterocycles. The highest BCUT2D eigenvalue weighted by Gasteiger charge is 2.06. The van der Waals surface area contributed by atoms with Gasteiger partial charge in [-0.3, -0.25) is 4.99 Å². The quantitative estimate of drug-likeness (QED) is 0.448. The number of guanidine groups is 1. The Bertz CT molecular complexity index is 592. The predicted molar refractivity (Wildman–Crippen MR) is 101 cm³/mol. The second-order valence-electron chi connectivity index (χ2n) is 4.84. The molecule has 2 rings (SSSR count). The van der Waals surface area contributed by atoms with E-state index >= 15 is 0 Å². The van der Waals surface area contributed by atoms with Crippen molar-refractivity contribution in [3.05, 3.63) is 41.9 Å². The number of hydrogen-bond donors (Lipinski definition) is 2. The molecule has 0 unspecified atom stereocenters. The van der Waals surface area contributed by atoms with Crippen molar-refractivity contribution in [1.29, 1.82) is 0 Å². The number of oxazole rings is 1. The zero-order valence-electron chi connectivity index (χ0n) is 13.2. The number of aliphatic imine (C=N–C) groups is 1. The number of nitrogens with one attached hydrogen (secondary N) is 2. The van der Waals surface area contributed by atoms with E-state index in [-0.39, 0.29) is 24.0 Å². The maximum absolute atomic E-state index is 5.75. The Kier molecular flexibility index (Phi) is 7.94. The third-order valence-corrected chi connectivity index (χ3v) is 3.06. The van der Waals surface area contributed by atoms with E-state index in [4.69, 9.17) is 4.42 Å². The molecule has 0 atom stereocenters. The Morgan fingerprint density at radius 2 is 1.95 bits per heavy atom. The number of nitrogens with zero attached hydrogens (tertiary/aromatic N) is 2. The number of halogens is 1. The fraction of sp³-hybridized carbons (Fsp3) is 0.375. The van der Waals surface area contributed by atoms with Crippen molar-refractivity contribution in [2.45, 2.75) is 26.8 Å². The molecule has 5 nitrogen and oxygen atoms in total. The van der Waals surface area contributed by atoms with Gasteiger partial charge in [-0.2, -0.15) is 0 Å². The van der Waals surface area contributed by atoms with E-state index in [1.54, 1.807) is 13.2 Å². The van der Waals surface area contributed by atoms with Crippen LogP contribution < -0.4 is 10.6 Å². The fourth-order valence-electron chi connectivity index (χ4n) is 1.87. The van der Waals surface area contributed by atoms with Crippen molar-refractivity contribution in [2.75, 3.05) is 13.6 Å². The molecular weight excluding hydrogens is 391 g/mol. The molecule has 2 aromatic rings. The third-order valence-electron chi connectivity index (χ3n) is 3.06. The van der Waals surface area contributed by atoms with Crippen LogP contribution >= 0.6 is 24.0 Å². The number of rotatable bonds is 5. The van der Waals surface area contributed by atoms with Crippen molar-refractivity contribution in [2.24, 2.45) is 4.99 Å². The summed E-state index contributed by atoms with van der Waals surface area (Å²) >= 11 is 0. The molecule has 22 heavy (non-hydrogen) atoms. The van der Waals surface area contributed by atoms with Crippen LogP contribution in [0.1, 0.15) is 24.8 Å². The monoisotopic (exact) mass is 414 g/mol. The molecule has 0 spiro atoms. The second kappa shape index (κ2) is 9.45. The highest BCUT2D eigenvalue weighted by atomic mass is 127. The Hall–Kier alpha value is -1.57. The van der Waals surface area contributed by atoms with Gasteiger partial charge in [0.1, 0.15) is 0 Å². The summed E-state index contributed by atoms with van der Waals surface area (Å²) in [5.74, 6) is 2.18. The van der Waals surface area contributed by atoms with E-state index in [1.165, 1.54) is 5.56 Å². The van der Waals surface area contributed by atoms with Gasteiger partial charge in [0.05, 0.1) is 12.7 Å². The lowest BCUT2D eigenvalue weighted by molar-refractivity contribution is 0.497. The minimum atomic E-state index is 0.